The van der Waals surface area contributed by atoms with Gasteiger partial charge in [0.2, 0.25) is 5.91 Å². The Hall–Kier alpha value is -1.59. The van der Waals surface area contributed by atoms with E-state index in [0.29, 0.717) is 19.8 Å². The molecule has 0 aromatic heterocycles. The van der Waals surface area contributed by atoms with Gasteiger partial charge in [-0.25, -0.2) is 0 Å². The van der Waals surface area contributed by atoms with Crippen LogP contribution in [0.25, 0.3) is 0 Å². The van der Waals surface area contributed by atoms with Crippen molar-refractivity contribution >= 4 is 11.6 Å². The largest absolute Gasteiger partial charge is 0.491 e. The Morgan fingerprint density at radius 2 is 1.95 bits per heavy atom. The zero-order valence-corrected chi connectivity index (χ0v) is 11.6. The van der Waals surface area contributed by atoms with E-state index < -0.39 is 0 Å². The van der Waals surface area contributed by atoms with Crippen LogP contribution >= 0.6 is 0 Å². The number of hydrogen-bond acceptors (Lipinski definition) is 4. The van der Waals surface area contributed by atoms with Crippen LogP contribution in [0.2, 0.25) is 0 Å². The van der Waals surface area contributed by atoms with Crippen LogP contribution in [0.15, 0.2) is 24.3 Å². The van der Waals surface area contributed by atoms with Gasteiger partial charge in [0.15, 0.2) is 0 Å². The molecule has 0 aliphatic heterocycles. The Morgan fingerprint density at radius 1 is 1.21 bits per heavy atom. The number of methoxy groups -OCH3 is 1. The third-order valence-corrected chi connectivity index (χ3v) is 2.41. The molecule has 0 atom stereocenters. The smallest absolute Gasteiger partial charge is 0.238 e. The van der Waals surface area contributed by atoms with Gasteiger partial charge >= 0.3 is 0 Å². The molecule has 0 spiro atoms. The van der Waals surface area contributed by atoms with Gasteiger partial charge in [0.1, 0.15) is 12.4 Å². The lowest BCUT2D eigenvalue weighted by molar-refractivity contribution is -0.115. The van der Waals surface area contributed by atoms with E-state index in [1.165, 1.54) is 0 Å². The molecular weight excluding hydrogens is 244 g/mol. The average Bonchev–Trinajstić information content (AvgIpc) is 2.41. The van der Waals surface area contributed by atoms with Gasteiger partial charge in [-0.15, -0.1) is 0 Å². The predicted octanol–water partition coefficient (Wildman–Crippen LogP) is 1.65. The maximum Gasteiger partial charge on any atom is 0.238 e. The van der Waals surface area contributed by atoms with Crippen molar-refractivity contribution < 1.29 is 14.3 Å². The number of ether oxygens (including phenoxy) is 2. The fraction of sp³-hybridized carbons (Fsp3) is 0.500. The lowest BCUT2D eigenvalue weighted by atomic mass is 10.3. The summed E-state index contributed by atoms with van der Waals surface area (Å²) in [5, 5.41) is 5.86. The van der Waals surface area contributed by atoms with Crippen LogP contribution in [-0.4, -0.2) is 39.3 Å². The fourth-order valence-corrected chi connectivity index (χ4v) is 1.46. The Balaban J connectivity index is 2.32. The number of amides is 1. The van der Waals surface area contributed by atoms with E-state index >= 15 is 0 Å². The summed E-state index contributed by atoms with van der Waals surface area (Å²) in [7, 11) is 1.63. The highest BCUT2D eigenvalue weighted by atomic mass is 16.5. The Bertz CT molecular complexity index is 365. The maximum absolute atomic E-state index is 11.6. The minimum atomic E-state index is -0.0403. The summed E-state index contributed by atoms with van der Waals surface area (Å²) in [5.74, 6) is 0.723. The third kappa shape index (κ3) is 6.79. The minimum Gasteiger partial charge on any atom is -0.491 e. The predicted molar refractivity (Wildman–Crippen MR) is 75.6 cm³/mol. The van der Waals surface area contributed by atoms with Crippen LogP contribution in [0.1, 0.15) is 13.3 Å². The summed E-state index contributed by atoms with van der Waals surface area (Å²) in [6, 6.07) is 7.29. The Morgan fingerprint density at radius 3 is 2.58 bits per heavy atom. The molecule has 0 heterocycles. The molecule has 0 saturated carbocycles. The van der Waals surface area contributed by atoms with E-state index in [0.717, 1.165) is 24.4 Å². The standard InChI is InChI=1S/C14H22N2O3/c1-3-8-15-11-14(17)16-12-4-6-13(7-5-12)19-10-9-18-2/h4-7,15H,3,8-11H2,1-2H3,(H,16,17). The fourth-order valence-electron chi connectivity index (χ4n) is 1.46. The average molecular weight is 266 g/mol. The highest BCUT2D eigenvalue weighted by Gasteiger charge is 2.01. The summed E-state index contributed by atoms with van der Waals surface area (Å²) in [5.41, 5.74) is 0.766. The first-order valence-electron chi connectivity index (χ1n) is 6.48. The molecule has 0 bridgehead atoms. The maximum atomic E-state index is 11.6. The van der Waals surface area contributed by atoms with Crippen molar-refractivity contribution in [2.24, 2.45) is 0 Å². The van der Waals surface area contributed by atoms with Gasteiger partial charge in [0.25, 0.3) is 0 Å². The van der Waals surface area contributed by atoms with Gasteiger partial charge in [0.05, 0.1) is 13.2 Å². The molecule has 0 radical (unpaired) electrons. The summed E-state index contributed by atoms with van der Waals surface area (Å²) < 4.78 is 10.3. The molecule has 5 heteroatoms. The number of carbonyl (C=O) groups excluding carboxylic acids is 1. The van der Waals surface area contributed by atoms with Crippen molar-refractivity contribution in [2.75, 3.05) is 38.7 Å². The summed E-state index contributed by atoms with van der Waals surface area (Å²) >= 11 is 0. The van der Waals surface area contributed by atoms with Crippen molar-refractivity contribution in [1.82, 2.24) is 5.32 Å². The molecule has 0 saturated heterocycles. The van der Waals surface area contributed by atoms with Crippen molar-refractivity contribution in [1.29, 1.82) is 0 Å². The van der Waals surface area contributed by atoms with Crippen LogP contribution in [0.5, 0.6) is 5.75 Å². The van der Waals surface area contributed by atoms with E-state index in [-0.39, 0.29) is 5.91 Å². The zero-order chi connectivity index (χ0) is 13.9. The van der Waals surface area contributed by atoms with E-state index in [2.05, 4.69) is 17.6 Å². The summed E-state index contributed by atoms with van der Waals surface area (Å²) in [6.07, 6.45) is 1.01. The first-order chi connectivity index (χ1) is 9.26. The van der Waals surface area contributed by atoms with Crippen LogP contribution in [0.3, 0.4) is 0 Å². The molecule has 0 fully saturated rings. The molecule has 106 valence electrons. The minimum absolute atomic E-state index is 0.0403. The molecule has 1 amide bonds. The van der Waals surface area contributed by atoms with E-state index in [4.69, 9.17) is 9.47 Å². The molecule has 1 rings (SSSR count). The molecule has 0 unspecified atom stereocenters. The lowest BCUT2D eigenvalue weighted by Crippen LogP contribution is -2.28. The SMILES string of the molecule is CCCNCC(=O)Nc1ccc(OCCOC)cc1. The van der Waals surface area contributed by atoms with Crippen molar-refractivity contribution in [3.8, 4) is 5.75 Å². The number of benzene rings is 1. The van der Waals surface area contributed by atoms with Crippen LogP contribution in [-0.2, 0) is 9.53 Å². The van der Waals surface area contributed by atoms with Crippen LogP contribution < -0.4 is 15.4 Å². The zero-order valence-electron chi connectivity index (χ0n) is 11.6. The van der Waals surface area contributed by atoms with Crippen LogP contribution in [0.4, 0.5) is 5.69 Å². The third-order valence-electron chi connectivity index (χ3n) is 2.41. The number of anilines is 1. The van der Waals surface area contributed by atoms with E-state index in [9.17, 15) is 4.79 Å². The summed E-state index contributed by atoms with van der Waals surface area (Å²) in [6.45, 7) is 4.32. The molecule has 0 aliphatic carbocycles. The number of rotatable bonds is 9. The topological polar surface area (TPSA) is 59.6 Å². The molecule has 1 aromatic rings. The Labute approximate surface area is 114 Å². The van der Waals surface area contributed by atoms with Crippen LogP contribution in [0, 0.1) is 0 Å². The van der Waals surface area contributed by atoms with E-state index in [1.54, 1.807) is 7.11 Å². The first kappa shape index (κ1) is 15.5. The second-order valence-electron chi connectivity index (χ2n) is 4.09. The van der Waals surface area contributed by atoms with Crippen molar-refractivity contribution in [3.63, 3.8) is 0 Å². The van der Waals surface area contributed by atoms with Gasteiger partial charge in [-0.05, 0) is 37.2 Å². The highest BCUT2D eigenvalue weighted by molar-refractivity contribution is 5.92. The lowest BCUT2D eigenvalue weighted by Gasteiger charge is -2.08. The molecule has 1 aromatic carbocycles. The van der Waals surface area contributed by atoms with Crippen molar-refractivity contribution in [3.05, 3.63) is 24.3 Å². The highest BCUT2D eigenvalue weighted by Crippen LogP contribution is 2.15. The monoisotopic (exact) mass is 266 g/mol. The number of nitrogens with one attached hydrogen (secondary N) is 2. The molecule has 0 aliphatic rings. The molecule has 5 nitrogen and oxygen atoms in total. The second-order valence-corrected chi connectivity index (χ2v) is 4.09. The van der Waals surface area contributed by atoms with Gasteiger partial charge in [0, 0.05) is 12.8 Å². The van der Waals surface area contributed by atoms with Gasteiger partial charge in [-0.1, -0.05) is 6.92 Å². The van der Waals surface area contributed by atoms with Gasteiger partial charge < -0.3 is 20.1 Å². The van der Waals surface area contributed by atoms with Gasteiger partial charge in [-0.3, -0.25) is 4.79 Å². The molecule has 2 N–H and O–H groups in total. The Kier molecular flexibility index (Phi) is 7.62. The quantitative estimate of drug-likeness (QED) is 0.667. The van der Waals surface area contributed by atoms with E-state index in [1.807, 2.05) is 24.3 Å². The van der Waals surface area contributed by atoms with Crippen molar-refractivity contribution in [2.45, 2.75) is 13.3 Å². The molecule has 19 heavy (non-hydrogen) atoms. The normalized spacial score (nSPS) is 10.2. The second kappa shape index (κ2) is 9.35. The molecular formula is C14H22N2O3. The summed E-state index contributed by atoms with van der Waals surface area (Å²) in [4.78, 5) is 11.6. The number of carbonyl (C=O) groups is 1. The van der Waals surface area contributed by atoms with Gasteiger partial charge in [-0.2, -0.15) is 0 Å². The first-order valence-corrected chi connectivity index (χ1v) is 6.48. The number of hydrogen-bond donors (Lipinski definition) is 2.